The van der Waals surface area contributed by atoms with E-state index in [0.717, 1.165) is 32.2 Å². The van der Waals surface area contributed by atoms with Crippen LogP contribution in [0.15, 0.2) is 18.2 Å². The van der Waals surface area contributed by atoms with Gasteiger partial charge >= 0.3 is 0 Å². The summed E-state index contributed by atoms with van der Waals surface area (Å²) in [5.41, 5.74) is 0.272. The average Bonchev–Trinajstić information content (AvgIpc) is 2.54. The molecule has 1 aromatic rings. The summed E-state index contributed by atoms with van der Waals surface area (Å²) in [5, 5.41) is 6.56. The fraction of sp³-hybridized carbons (Fsp3) is 0.562. The van der Waals surface area contributed by atoms with Gasteiger partial charge in [0.25, 0.3) is 5.91 Å². The van der Waals surface area contributed by atoms with Crippen molar-refractivity contribution in [3.63, 3.8) is 0 Å². The molecule has 0 aromatic heterocycles. The second kappa shape index (κ2) is 9.75. The molecule has 1 amide bonds. The van der Waals surface area contributed by atoms with Gasteiger partial charge in [-0.1, -0.05) is 11.6 Å². The zero-order chi connectivity index (χ0) is 18.5. The minimum atomic E-state index is -3.50. The third-order valence-electron chi connectivity index (χ3n) is 4.26. The lowest BCUT2D eigenvalue weighted by atomic mass is 9.79. The van der Waals surface area contributed by atoms with E-state index in [1.165, 1.54) is 18.2 Å². The van der Waals surface area contributed by atoms with E-state index < -0.39 is 10.0 Å². The summed E-state index contributed by atoms with van der Waals surface area (Å²) in [6.45, 7) is 2.75. The molecule has 7 nitrogen and oxygen atoms in total. The highest BCUT2D eigenvalue weighted by Crippen LogP contribution is 2.29. The van der Waals surface area contributed by atoms with Gasteiger partial charge < -0.3 is 15.4 Å². The number of rotatable bonds is 7. The van der Waals surface area contributed by atoms with Crippen LogP contribution in [0.5, 0.6) is 0 Å². The molecular weight excluding hydrogens is 401 g/mol. The number of carbonyl (C=O) groups excluding carboxylic acids is 1. The van der Waals surface area contributed by atoms with Crippen molar-refractivity contribution in [2.45, 2.75) is 12.8 Å². The number of anilines is 1. The van der Waals surface area contributed by atoms with Crippen LogP contribution in [0.1, 0.15) is 23.2 Å². The lowest BCUT2D eigenvalue weighted by Crippen LogP contribution is -2.47. The molecule has 26 heavy (non-hydrogen) atoms. The van der Waals surface area contributed by atoms with Gasteiger partial charge in [-0.2, -0.15) is 0 Å². The average molecular weight is 426 g/mol. The molecule has 1 aromatic carbocycles. The standard InChI is InChI=1S/C16H24ClN3O4S.ClH/c1-24-11-16(5-7-18-8-6-16)10-19-15(21)13-9-12(17)3-4-14(13)20-25(2,22)23;/h3-4,9,18,20H,5-8,10-11H2,1-2H3,(H,19,21);1H. The van der Waals surface area contributed by atoms with Crippen LogP contribution in [0.2, 0.25) is 5.02 Å². The van der Waals surface area contributed by atoms with Gasteiger partial charge in [0, 0.05) is 24.1 Å². The first-order valence-corrected chi connectivity index (χ1v) is 10.3. The minimum Gasteiger partial charge on any atom is -0.384 e. The van der Waals surface area contributed by atoms with Crippen LogP contribution in [0.3, 0.4) is 0 Å². The Labute approximate surface area is 165 Å². The molecule has 0 atom stereocenters. The van der Waals surface area contributed by atoms with Gasteiger partial charge in [-0.25, -0.2) is 8.42 Å². The second-order valence-electron chi connectivity index (χ2n) is 6.43. The Kier molecular flexibility index (Phi) is 8.62. The van der Waals surface area contributed by atoms with E-state index in [-0.39, 0.29) is 35.0 Å². The highest BCUT2D eigenvalue weighted by molar-refractivity contribution is 7.92. The molecule has 10 heteroatoms. The van der Waals surface area contributed by atoms with Crippen LogP contribution in [-0.2, 0) is 14.8 Å². The number of amides is 1. The zero-order valence-electron chi connectivity index (χ0n) is 14.8. The molecule has 0 radical (unpaired) electrons. The van der Waals surface area contributed by atoms with Gasteiger partial charge in [0.2, 0.25) is 10.0 Å². The fourth-order valence-electron chi connectivity index (χ4n) is 2.99. The van der Waals surface area contributed by atoms with Crippen molar-refractivity contribution in [1.82, 2.24) is 10.6 Å². The number of piperidine rings is 1. The second-order valence-corrected chi connectivity index (χ2v) is 8.61. The maximum absolute atomic E-state index is 12.6. The third kappa shape index (κ3) is 6.59. The first-order valence-electron chi connectivity index (χ1n) is 8.00. The number of nitrogens with one attached hydrogen (secondary N) is 3. The molecule has 3 N–H and O–H groups in total. The maximum Gasteiger partial charge on any atom is 0.253 e. The molecule has 0 unspecified atom stereocenters. The smallest absolute Gasteiger partial charge is 0.253 e. The fourth-order valence-corrected chi connectivity index (χ4v) is 3.74. The van der Waals surface area contributed by atoms with Gasteiger partial charge in [0.15, 0.2) is 0 Å². The first-order chi connectivity index (χ1) is 11.7. The molecule has 1 heterocycles. The maximum atomic E-state index is 12.6. The molecule has 2 rings (SSSR count). The SMILES string of the molecule is COCC1(CNC(=O)c2cc(Cl)ccc2NS(C)(=O)=O)CCNCC1.Cl. The van der Waals surface area contributed by atoms with Crippen molar-refractivity contribution in [3.05, 3.63) is 28.8 Å². The van der Waals surface area contributed by atoms with Crippen LogP contribution in [0.4, 0.5) is 5.69 Å². The molecule has 1 saturated heterocycles. The van der Waals surface area contributed by atoms with E-state index in [0.29, 0.717) is 18.2 Å². The van der Waals surface area contributed by atoms with Crippen molar-refractivity contribution in [2.24, 2.45) is 5.41 Å². The largest absolute Gasteiger partial charge is 0.384 e. The minimum absolute atomic E-state index is 0. The Morgan fingerprint density at radius 3 is 2.58 bits per heavy atom. The Balaban J connectivity index is 0.00000338. The lowest BCUT2D eigenvalue weighted by Gasteiger charge is -2.37. The number of benzene rings is 1. The zero-order valence-corrected chi connectivity index (χ0v) is 17.2. The van der Waals surface area contributed by atoms with Gasteiger partial charge in [0.05, 0.1) is 24.1 Å². The quantitative estimate of drug-likeness (QED) is 0.619. The lowest BCUT2D eigenvalue weighted by molar-refractivity contribution is 0.0512. The van der Waals surface area contributed by atoms with E-state index in [1.807, 2.05) is 0 Å². The molecule has 0 bridgehead atoms. The topological polar surface area (TPSA) is 96.5 Å². The molecule has 0 aliphatic carbocycles. The summed E-state index contributed by atoms with van der Waals surface area (Å²) in [6.07, 6.45) is 2.82. The number of sulfonamides is 1. The van der Waals surface area contributed by atoms with E-state index in [1.54, 1.807) is 7.11 Å². The summed E-state index contributed by atoms with van der Waals surface area (Å²) in [6, 6.07) is 4.47. The number of carbonyl (C=O) groups is 1. The van der Waals surface area contributed by atoms with Crippen LogP contribution in [-0.4, -0.2) is 53.9 Å². The molecule has 0 spiro atoms. The summed E-state index contributed by atoms with van der Waals surface area (Å²) in [7, 11) is -1.85. The number of ether oxygens (including phenoxy) is 1. The highest BCUT2D eigenvalue weighted by Gasteiger charge is 2.32. The third-order valence-corrected chi connectivity index (χ3v) is 5.09. The molecule has 1 fully saturated rings. The number of hydrogen-bond donors (Lipinski definition) is 3. The van der Waals surface area contributed by atoms with Crippen LogP contribution in [0.25, 0.3) is 0 Å². The highest BCUT2D eigenvalue weighted by atomic mass is 35.5. The molecule has 1 aliphatic rings. The number of hydrogen-bond acceptors (Lipinski definition) is 5. The Morgan fingerprint density at radius 2 is 2.00 bits per heavy atom. The predicted octanol–water partition coefficient (Wildman–Crippen LogP) is 1.88. The Morgan fingerprint density at radius 1 is 1.35 bits per heavy atom. The summed E-state index contributed by atoms with van der Waals surface area (Å²) >= 11 is 5.97. The molecular formula is C16H25Cl2N3O4S. The molecule has 0 saturated carbocycles. The van der Waals surface area contributed by atoms with Crippen molar-refractivity contribution in [1.29, 1.82) is 0 Å². The number of methoxy groups -OCH3 is 1. The van der Waals surface area contributed by atoms with E-state index in [2.05, 4.69) is 15.4 Å². The van der Waals surface area contributed by atoms with Crippen LogP contribution >= 0.6 is 24.0 Å². The van der Waals surface area contributed by atoms with Crippen molar-refractivity contribution < 1.29 is 17.9 Å². The number of halogens is 2. The van der Waals surface area contributed by atoms with Gasteiger partial charge in [-0.3, -0.25) is 9.52 Å². The first kappa shape index (κ1) is 23.0. The Hall–Kier alpha value is -1.06. The summed E-state index contributed by atoms with van der Waals surface area (Å²) < 4.78 is 30.7. The van der Waals surface area contributed by atoms with Crippen molar-refractivity contribution in [3.8, 4) is 0 Å². The predicted molar refractivity (Wildman–Crippen MR) is 106 cm³/mol. The van der Waals surface area contributed by atoms with Gasteiger partial charge in [-0.15, -0.1) is 12.4 Å². The van der Waals surface area contributed by atoms with Crippen molar-refractivity contribution >= 4 is 45.6 Å². The monoisotopic (exact) mass is 425 g/mol. The van der Waals surface area contributed by atoms with E-state index >= 15 is 0 Å². The molecule has 1 aliphatic heterocycles. The van der Waals surface area contributed by atoms with Crippen molar-refractivity contribution in [2.75, 3.05) is 44.3 Å². The molecule has 148 valence electrons. The summed E-state index contributed by atoms with van der Waals surface area (Å²) in [4.78, 5) is 12.6. The van der Waals surface area contributed by atoms with Crippen LogP contribution < -0.4 is 15.4 Å². The van der Waals surface area contributed by atoms with Gasteiger partial charge in [0.1, 0.15) is 0 Å². The van der Waals surface area contributed by atoms with Gasteiger partial charge in [-0.05, 0) is 44.1 Å². The van der Waals surface area contributed by atoms with E-state index in [9.17, 15) is 13.2 Å². The van der Waals surface area contributed by atoms with Crippen LogP contribution in [0, 0.1) is 5.41 Å². The Bertz CT molecular complexity index is 717. The van der Waals surface area contributed by atoms with E-state index in [4.69, 9.17) is 16.3 Å². The normalized spacial score (nSPS) is 16.4. The summed E-state index contributed by atoms with van der Waals surface area (Å²) in [5.74, 6) is -0.373.